The van der Waals surface area contributed by atoms with Crippen LogP contribution < -0.4 is 14.8 Å². The van der Waals surface area contributed by atoms with Crippen LogP contribution in [0.25, 0.3) is 16.8 Å². The molecule has 25 heavy (non-hydrogen) atoms. The molecule has 3 aromatic rings. The van der Waals surface area contributed by atoms with Gasteiger partial charge in [-0.3, -0.25) is 4.79 Å². The second-order valence-corrected chi connectivity index (χ2v) is 5.79. The molecule has 4 rings (SSSR count). The minimum Gasteiger partial charge on any atom is -0.486 e. The maximum atomic E-state index is 12.2. The van der Waals surface area contributed by atoms with E-state index in [1.165, 1.54) is 6.08 Å². The Labute approximate surface area is 145 Å². The summed E-state index contributed by atoms with van der Waals surface area (Å²) < 4.78 is 11.0. The Morgan fingerprint density at radius 3 is 2.56 bits per heavy atom. The number of rotatable bonds is 3. The summed E-state index contributed by atoms with van der Waals surface area (Å²) in [6.45, 7) is 1.11. The molecule has 0 unspecified atom stereocenters. The van der Waals surface area contributed by atoms with Crippen LogP contribution in [0.5, 0.6) is 11.5 Å². The van der Waals surface area contributed by atoms with Crippen molar-refractivity contribution in [2.45, 2.75) is 0 Å². The van der Waals surface area contributed by atoms with Gasteiger partial charge in [0.1, 0.15) is 13.2 Å². The van der Waals surface area contributed by atoms with Gasteiger partial charge in [0.25, 0.3) is 0 Å². The van der Waals surface area contributed by atoms with Gasteiger partial charge in [0.15, 0.2) is 11.5 Å². The first-order valence-corrected chi connectivity index (χ1v) is 8.15. The number of benzene rings is 3. The normalized spacial score (nSPS) is 13.1. The Kier molecular flexibility index (Phi) is 4.09. The van der Waals surface area contributed by atoms with E-state index in [0.29, 0.717) is 19.0 Å². The molecule has 4 heteroatoms. The lowest BCUT2D eigenvalue weighted by atomic mass is 10.1. The minimum atomic E-state index is -0.176. The first-order valence-electron chi connectivity index (χ1n) is 8.15. The molecule has 1 N–H and O–H groups in total. The van der Waals surface area contributed by atoms with Crippen LogP contribution in [0, 0.1) is 0 Å². The van der Waals surface area contributed by atoms with E-state index in [0.717, 1.165) is 27.8 Å². The summed E-state index contributed by atoms with van der Waals surface area (Å²) >= 11 is 0. The first-order chi connectivity index (χ1) is 12.3. The molecule has 0 saturated heterocycles. The lowest BCUT2D eigenvalue weighted by molar-refractivity contribution is -0.111. The number of amides is 1. The molecule has 0 bridgehead atoms. The topological polar surface area (TPSA) is 47.6 Å². The highest BCUT2D eigenvalue weighted by Gasteiger charge is 2.10. The van der Waals surface area contributed by atoms with E-state index in [4.69, 9.17) is 9.47 Å². The zero-order valence-corrected chi connectivity index (χ0v) is 13.6. The third-order valence-corrected chi connectivity index (χ3v) is 4.01. The van der Waals surface area contributed by atoms with Crippen LogP contribution in [-0.4, -0.2) is 19.1 Å². The molecule has 0 atom stereocenters. The van der Waals surface area contributed by atoms with Crippen molar-refractivity contribution in [1.29, 1.82) is 0 Å². The fourth-order valence-corrected chi connectivity index (χ4v) is 2.79. The zero-order chi connectivity index (χ0) is 17.1. The third kappa shape index (κ3) is 3.48. The molecule has 1 aliphatic rings. The van der Waals surface area contributed by atoms with Gasteiger partial charge in [-0.2, -0.15) is 0 Å². The summed E-state index contributed by atoms with van der Waals surface area (Å²) in [5.41, 5.74) is 1.66. The van der Waals surface area contributed by atoms with Crippen molar-refractivity contribution in [2.24, 2.45) is 0 Å². The summed E-state index contributed by atoms with van der Waals surface area (Å²) in [6, 6.07) is 19.5. The lowest BCUT2D eigenvalue weighted by Gasteiger charge is -2.18. The monoisotopic (exact) mass is 331 g/mol. The van der Waals surface area contributed by atoms with Gasteiger partial charge in [-0.1, -0.05) is 36.4 Å². The Morgan fingerprint density at radius 1 is 0.880 bits per heavy atom. The second-order valence-electron chi connectivity index (χ2n) is 5.79. The predicted molar refractivity (Wildman–Crippen MR) is 99.0 cm³/mol. The van der Waals surface area contributed by atoms with Crippen molar-refractivity contribution in [3.63, 3.8) is 0 Å². The highest BCUT2D eigenvalue weighted by atomic mass is 16.6. The van der Waals surface area contributed by atoms with Crippen LogP contribution in [0.3, 0.4) is 0 Å². The van der Waals surface area contributed by atoms with Crippen molar-refractivity contribution < 1.29 is 14.3 Å². The minimum absolute atomic E-state index is 0.176. The zero-order valence-electron chi connectivity index (χ0n) is 13.6. The number of hydrogen-bond donors (Lipinski definition) is 1. The van der Waals surface area contributed by atoms with Gasteiger partial charge >= 0.3 is 0 Å². The molecule has 0 aromatic heterocycles. The van der Waals surface area contributed by atoms with Crippen LogP contribution in [0.15, 0.2) is 66.7 Å². The largest absolute Gasteiger partial charge is 0.486 e. The predicted octanol–water partition coefficient (Wildman–Crippen LogP) is 4.26. The van der Waals surface area contributed by atoms with Gasteiger partial charge in [-0.15, -0.1) is 0 Å². The molecule has 0 fully saturated rings. The number of hydrogen-bond acceptors (Lipinski definition) is 3. The molecule has 0 aliphatic carbocycles. The van der Waals surface area contributed by atoms with Crippen molar-refractivity contribution in [3.05, 3.63) is 72.3 Å². The maximum absolute atomic E-state index is 12.2. The maximum Gasteiger partial charge on any atom is 0.248 e. The van der Waals surface area contributed by atoms with Crippen LogP contribution in [0.1, 0.15) is 5.56 Å². The van der Waals surface area contributed by atoms with E-state index < -0.39 is 0 Å². The summed E-state index contributed by atoms with van der Waals surface area (Å²) in [7, 11) is 0. The quantitative estimate of drug-likeness (QED) is 0.729. The van der Waals surface area contributed by atoms with Gasteiger partial charge in [-0.25, -0.2) is 0 Å². The van der Waals surface area contributed by atoms with Crippen LogP contribution >= 0.6 is 0 Å². The molecule has 0 spiro atoms. The molecule has 1 aliphatic heterocycles. The van der Waals surface area contributed by atoms with Gasteiger partial charge in [0, 0.05) is 11.8 Å². The summed E-state index contributed by atoms with van der Waals surface area (Å²) in [4.78, 5) is 12.2. The highest BCUT2D eigenvalue weighted by Crippen LogP contribution is 2.31. The number of carbonyl (C=O) groups is 1. The molecular weight excluding hydrogens is 314 g/mol. The average Bonchev–Trinajstić information content (AvgIpc) is 2.66. The molecule has 124 valence electrons. The lowest BCUT2D eigenvalue weighted by Crippen LogP contribution is -2.15. The Balaban J connectivity index is 1.46. The second kappa shape index (κ2) is 6.69. The van der Waals surface area contributed by atoms with E-state index in [-0.39, 0.29) is 5.91 Å². The van der Waals surface area contributed by atoms with Gasteiger partial charge in [-0.05, 0) is 46.7 Å². The van der Waals surface area contributed by atoms with E-state index in [1.807, 2.05) is 60.7 Å². The van der Waals surface area contributed by atoms with Gasteiger partial charge in [0.05, 0.1) is 0 Å². The molecule has 4 nitrogen and oxygen atoms in total. The first kappa shape index (κ1) is 15.3. The molecular formula is C21H17NO3. The average molecular weight is 331 g/mol. The number of anilines is 1. The van der Waals surface area contributed by atoms with Crippen LogP contribution in [0.2, 0.25) is 0 Å². The molecule has 1 heterocycles. The van der Waals surface area contributed by atoms with E-state index in [2.05, 4.69) is 5.32 Å². The fourth-order valence-electron chi connectivity index (χ4n) is 2.79. The SMILES string of the molecule is O=C(/C=C/c1ccc2c(c1)OCCO2)Nc1ccc2ccccc2c1. The van der Waals surface area contributed by atoms with Gasteiger partial charge in [0.2, 0.25) is 5.91 Å². The molecule has 0 radical (unpaired) electrons. The van der Waals surface area contributed by atoms with Crippen molar-refractivity contribution >= 4 is 28.4 Å². The summed E-state index contributed by atoms with van der Waals surface area (Å²) in [5.74, 6) is 1.28. The number of nitrogens with one attached hydrogen (secondary N) is 1. The van der Waals surface area contributed by atoms with Crippen molar-refractivity contribution in [3.8, 4) is 11.5 Å². The van der Waals surface area contributed by atoms with E-state index >= 15 is 0 Å². The Morgan fingerprint density at radius 2 is 1.68 bits per heavy atom. The Hall–Kier alpha value is -3.27. The summed E-state index contributed by atoms with van der Waals surface area (Å²) in [6.07, 6.45) is 3.27. The Bertz CT molecular complexity index is 962. The molecule has 0 saturated carbocycles. The smallest absolute Gasteiger partial charge is 0.248 e. The van der Waals surface area contributed by atoms with Crippen LogP contribution in [-0.2, 0) is 4.79 Å². The van der Waals surface area contributed by atoms with Crippen molar-refractivity contribution in [1.82, 2.24) is 0 Å². The fraction of sp³-hybridized carbons (Fsp3) is 0.0952. The van der Waals surface area contributed by atoms with Crippen LogP contribution in [0.4, 0.5) is 5.69 Å². The number of ether oxygens (including phenoxy) is 2. The highest BCUT2D eigenvalue weighted by molar-refractivity contribution is 6.03. The standard InChI is InChI=1S/C21H17NO3/c23-21(22-18-8-7-16-3-1-2-4-17(16)14-18)10-6-15-5-9-19-20(13-15)25-12-11-24-19/h1-10,13-14H,11-12H2,(H,22,23)/b10-6+. The van der Waals surface area contributed by atoms with Crippen molar-refractivity contribution in [2.75, 3.05) is 18.5 Å². The number of fused-ring (bicyclic) bond motifs is 2. The molecule has 3 aromatic carbocycles. The van der Waals surface area contributed by atoms with E-state index in [1.54, 1.807) is 6.08 Å². The summed E-state index contributed by atoms with van der Waals surface area (Å²) in [5, 5.41) is 5.12. The molecule has 1 amide bonds. The van der Waals surface area contributed by atoms with Gasteiger partial charge < -0.3 is 14.8 Å². The third-order valence-electron chi connectivity index (χ3n) is 4.01. The number of carbonyl (C=O) groups excluding carboxylic acids is 1. The van der Waals surface area contributed by atoms with E-state index in [9.17, 15) is 4.79 Å².